The first-order valence-corrected chi connectivity index (χ1v) is 18.8. The number of fused-ring (bicyclic) bond motifs is 10. The van der Waals surface area contributed by atoms with Gasteiger partial charge >= 0.3 is 0 Å². The van der Waals surface area contributed by atoms with Crippen molar-refractivity contribution < 1.29 is 4.42 Å². The van der Waals surface area contributed by atoms with Crippen LogP contribution in [0, 0.1) is 0 Å². The van der Waals surface area contributed by atoms with Crippen LogP contribution >= 0.6 is 0 Å². The second-order valence-corrected chi connectivity index (χ2v) is 14.6. The standard InChI is InChI=1S/C52H32N2O/c1-2-11-33(12-3-1)34-15-10-16-39(27-34)53-47-19-8-6-17-41(47)43-29-37(21-24-48(43)53)38-22-25-49-44(30-38)45-28-35-13-4-5-14-36(35)31-50(45)54(49)40-23-26-52-46(32-40)42-18-7-9-20-51(42)55-52/h1-32H. The molecule has 0 aliphatic carbocycles. The fraction of sp³-hybridized carbons (Fsp3) is 0. The largest absolute Gasteiger partial charge is 0.456 e. The van der Waals surface area contributed by atoms with Crippen molar-refractivity contribution in [3.8, 4) is 33.6 Å². The lowest BCUT2D eigenvalue weighted by Gasteiger charge is -2.11. The summed E-state index contributed by atoms with van der Waals surface area (Å²) in [5.41, 5.74) is 13.7. The first-order chi connectivity index (χ1) is 27.2. The van der Waals surface area contributed by atoms with Gasteiger partial charge in [-0.1, -0.05) is 115 Å². The van der Waals surface area contributed by atoms with Gasteiger partial charge in [0, 0.05) is 43.7 Å². The van der Waals surface area contributed by atoms with E-state index in [2.05, 4.69) is 191 Å². The molecular weight excluding hydrogens is 669 g/mol. The van der Waals surface area contributed by atoms with E-state index < -0.39 is 0 Å². The van der Waals surface area contributed by atoms with Crippen LogP contribution < -0.4 is 0 Å². The summed E-state index contributed by atoms with van der Waals surface area (Å²) in [4.78, 5) is 0. The fourth-order valence-electron chi connectivity index (χ4n) is 8.90. The van der Waals surface area contributed by atoms with Crippen molar-refractivity contribution in [3.63, 3.8) is 0 Å². The monoisotopic (exact) mass is 700 g/mol. The molecule has 3 nitrogen and oxygen atoms in total. The van der Waals surface area contributed by atoms with Crippen molar-refractivity contribution >= 4 is 76.3 Å². The first-order valence-electron chi connectivity index (χ1n) is 18.8. The Morgan fingerprint density at radius 1 is 0.273 bits per heavy atom. The van der Waals surface area contributed by atoms with Gasteiger partial charge in [0.15, 0.2) is 0 Å². The summed E-state index contributed by atoms with van der Waals surface area (Å²) in [5.74, 6) is 0. The Labute approximate surface area is 316 Å². The lowest BCUT2D eigenvalue weighted by atomic mass is 10.00. The molecule has 3 heteroatoms. The number of nitrogens with zero attached hydrogens (tertiary/aromatic N) is 2. The number of para-hydroxylation sites is 2. The van der Waals surface area contributed by atoms with Crippen molar-refractivity contribution in [3.05, 3.63) is 194 Å². The Bertz CT molecular complexity index is 3490. The quantitative estimate of drug-likeness (QED) is 0.179. The van der Waals surface area contributed by atoms with Gasteiger partial charge in [0.1, 0.15) is 11.2 Å². The fourth-order valence-corrected chi connectivity index (χ4v) is 8.90. The highest BCUT2D eigenvalue weighted by molar-refractivity contribution is 6.16. The first kappa shape index (κ1) is 30.1. The number of hydrogen-bond donors (Lipinski definition) is 0. The molecule has 9 aromatic carbocycles. The van der Waals surface area contributed by atoms with E-state index in [0.29, 0.717) is 0 Å². The second-order valence-electron chi connectivity index (χ2n) is 14.6. The number of benzene rings is 9. The molecule has 0 fully saturated rings. The molecule has 0 bridgehead atoms. The lowest BCUT2D eigenvalue weighted by molar-refractivity contribution is 0.669. The van der Waals surface area contributed by atoms with E-state index in [9.17, 15) is 0 Å². The van der Waals surface area contributed by atoms with Crippen LogP contribution in [0.5, 0.6) is 0 Å². The van der Waals surface area contributed by atoms with Gasteiger partial charge in [-0.25, -0.2) is 0 Å². The molecule has 0 spiro atoms. The third kappa shape index (κ3) is 4.57. The third-order valence-corrected chi connectivity index (χ3v) is 11.5. The summed E-state index contributed by atoms with van der Waals surface area (Å²) >= 11 is 0. The van der Waals surface area contributed by atoms with E-state index in [-0.39, 0.29) is 0 Å². The van der Waals surface area contributed by atoms with Gasteiger partial charge in [0.05, 0.1) is 22.1 Å². The minimum absolute atomic E-state index is 0.902. The molecular formula is C52H32N2O. The van der Waals surface area contributed by atoms with Crippen LogP contribution in [0.15, 0.2) is 199 Å². The van der Waals surface area contributed by atoms with Gasteiger partial charge < -0.3 is 13.6 Å². The molecule has 3 heterocycles. The molecule has 0 amide bonds. The van der Waals surface area contributed by atoms with Crippen LogP contribution in [0.2, 0.25) is 0 Å². The molecule has 0 unspecified atom stereocenters. The van der Waals surface area contributed by atoms with Crippen LogP contribution in [0.3, 0.4) is 0 Å². The smallest absolute Gasteiger partial charge is 0.135 e. The highest BCUT2D eigenvalue weighted by Crippen LogP contribution is 2.41. The molecule has 55 heavy (non-hydrogen) atoms. The van der Waals surface area contributed by atoms with Gasteiger partial charge in [-0.05, 0) is 112 Å². The molecule has 0 saturated heterocycles. The molecule has 256 valence electrons. The van der Waals surface area contributed by atoms with E-state index in [1.807, 2.05) is 12.1 Å². The zero-order chi connectivity index (χ0) is 36.0. The van der Waals surface area contributed by atoms with Gasteiger partial charge in [-0.3, -0.25) is 0 Å². The van der Waals surface area contributed by atoms with E-state index in [4.69, 9.17) is 4.42 Å². The summed E-state index contributed by atoms with van der Waals surface area (Å²) in [6.07, 6.45) is 0. The predicted molar refractivity (Wildman–Crippen MR) is 231 cm³/mol. The molecule has 0 N–H and O–H groups in total. The van der Waals surface area contributed by atoms with Crippen molar-refractivity contribution in [2.24, 2.45) is 0 Å². The van der Waals surface area contributed by atoms with Gasteiger partial charge in [0.2, 0.25) is 0 Å². The topological polar surface area (TPSA) is 23.0 Å². The van der Waals surface area contributed by atoms with Gasteiger partial charge in [-0.2, -0.15) is 0 Å². The lowest BCUT2D eigenvalue weighted by Crippen LogP contribution is -1.94. The van der Waals surface area contributed by atoms with Crippen molar-refractivity contribution in [1.29, 1.82) is 0 Å². The molecule has 3 aromatic heterocycles. The molecule has 0 aliphatic rings. The van der Waals surface area contributed by atoms with Crippen molar-refractivity contribution in [2.75, 3.05) is 0 Å². The minimum Gasteiger partial charge on any atom is -0.456 e. The van der Waals surface area contributed by atoms with Gasteiger partial charge in [-0.15, -0.1) is 0 Å². The summed E-state index contributed by atoms with van der Waals surface area (Å²) in [5, 5.41) is 9.68. The van der Waals surface area contributed by atoms with E-state index in [1.165, 1.54) is 76.6 Å². The van der Waals surface area contributed by atoms with Crippen molar-refractivity contribution in [1.82, 2.24) is 9.13 Å². The number of hydrogen-bond acceptors (Lipinski definition) is 1. The highest BCUT2D eigenvalue weighted by atomic mass is 16.3. The maximum Gasteiger partial charge on any atom is 0.135 e. The van der Waals surface area contributed by atoms with Crippen LogP contribution in [-0.4, -0.2) is 9.13 Å². The summed E-state index contributed by atoms with van der Waals surface area (Å²) in [6.45, 7) is 0. The van der Waals surface area contributed by atoms with Crippen LogP contribution in [0.1, 0.15) is 0 Å². The zero-order valence-corrected chi connectivity index (χ0v) is 29.8. The van der Waals surface area contributed by atoms with Crippen molar-refractivity contribution in [2.45, 2.75) is 0 Å². The molecule has 0 radical (unpaired) electrons. The maximum atomic E-state index is 6.22. The number of rotatable bonds is 4. The Morgan fingerprint density at radius 2 is 0.836 bits per heavy atom. The van der Waals surface area contributed by atoms with Crippen LogP contribution in [-0.2, 0) is 0 Å². The average Bonchev–Trinajstić information content (AvgIpc) is 3.90. The summed E-state index contributed by atoms with van der Waals surface area (Å²) in [7, 11) is 0. The SMILES string of the molecule is c1ccc(-c2cccc(-n3c4ccccc4c4cc(-c5ccc6c(c5)c5cc7ccccc7cc5n6-c5ccc6oc7ccccc7c6c5)ccc43)c2)cc1. The van der Waals surface area contributed by atoms with E-state index in [0.717, 1.165) is 33.3 Å². The average molecular weight is 701 g/mol. The minimum atomic E-state index is 0.902. The molecule has 0 saturated carbocycles. The second kappa shape index (κ2) is 11.6. The summed E-state index contributed by atoms with van der Waals surface area (Å²) in [6, 6.07) is 70.4. The van der Waals surface area contributed by atoms with E-state index >= 15 is 0 Å². The Balaban J connectivity index is 1.06. The van der Waals surface area contributed by atoms with Crippen LogP contribution in [0.4, 0.5) is 0 Å². The van der Waals surface area contributed by atoms with Crippen LogP contribution in [0.25, 0.3) is 110 Å². The molecule has 0 atom stereocenters. The third-order valence-electron chi connectivity index (χ3n) is 11.5. The highest BCUT2D eigenvalue weighted by Gasteiger charge is 2.18. The number of furan rings is 1. The molecule has 12 aromatic rings. The zero-order valence-electron chi connectivity index (χ0n) is 29.8. The van der Waals surface area contributed by atoms with Gasteiger partial charge in [0.25, 0.3) is 0 Å². The Hall–Kier alpha value is -7.36. The maximum absolute atomic E-state index is 6.22. The van der Waals surface area contributed by atoms with E-state index in [1.54, 1.807) is 0 Å². The molecule has 0 aliphatic heterocycles. The number of aromatic nitrogens is 2. The Morgan fingerprint density at radius 3 is 1.65 bits per heavy atom. The molecule has 12 rings (SSSR count). The summed E-state index contributed by atoms with van der Waals surface area (Å²) < 4.78 is 11.0. The Kier molecular flexibility index (Phi) is 6.34. The predicted octanol–water partition coefficient (Wildman–Crippen LogP) is 14.3. The normalized spacial score (nSPS) is 12.0.